The molecule has 2 heterocycles. The number of carbonyl (C=O) groups excluding carboxylic acids is 1. The minimum atomic E-state index is -5.08. The molecule has 1 atom stereocenters. The number of H-pyrrole nitrogens is 2. The van der Waals surface area contributed by atoms with Crippen LogP contribution < -0.4 is 11.1 Å². The molecule has 0 spiro atoms. The van der Waals surface area contributed by atoms with Crippen molar-refractivity contribution in [3.63, 3.8) is 0 Å². The van der Waals surface area contributed by atoms with E-state index in [0.717, 1.165) is 28.4 Å². The molecule has 0 aliphatic carbocycles. The summed E-state index contributed by atoms with van der Waals surface area (Å²) in [5.74, 6) is -3.20. The molecule has 1 amide bonds. The number of anilines is 1. The van der Waals surface area contributed by atoms with E-state index in [1.807, 2.05) is 31.1 Å². The number of aryl methyl sites for hydroxylation is 3. The van der Waals surface area contributed by atoms with Crippen LogP contribution in [0, 0.1) is 13.8 Å². The van der Waals surface area contributed by atoms with E-state index in [9.17, 15) is 31.1 Å². The van der Waals surface area contributed by atoms with E-state index >= 15 is 0 Å². The summed E-state index contributed by atoms with van der Waals surface area (Å²) in [7, 11) is 0. The Bertz CT molecular complexity index is 1170. The van der Waals surface area contributed by atoms with E-state index in [1.165, 1.54) is 0 Å². The standard InChI is InChI=1S/C18H20F3N5O.C2HF3O2/c1-9-10(2)24-15-6-4-12(7-13(9)15)25-17(27)14(22)5-3-11-8-23-26-16(11)18(19,20)21;3-2(4,5)1(6)7/h4,6-8,14,24H,3,5,22H2,1-2H3,(H,23,26)(H,25,27);(H,6,7). The van der Waals surface area contributed by atoms with Crippen LogP contribution in [-0.2, 0) is 22.2 Å². The van der Waals surface area contributed by atoms with E-state index < -0.39 is 36.0 Å². The van der Waals surface area contributed by atoms with Gasteiger partial charge in [0.15, 0.2) is 0 Å². The molecule has 0 saturated carbocycles. The number of hydrogen-bond acceptors (Lipinski definition) is 4. The molecule has 8 nitrogen and oxygen atoms in total. The van der Waals surface area contributed by atoms with Crippen LogP contribution in [-0.4, -0.2) is 44.4 Å². The van der Waals surface area contributed by atoms with Gasteiger partial charge in [0, 0.05) is 27.8 Å². The normalized spacial score (nSPS) is 12.7. The molecule has 0 aliphatic rings. The maximum Gasteiger partial charge on any atom is 0.490 e. The number of nitrogens with two attached hydrogens (primary N) is 1. The number of carboxylic acids is 1. The minimum absolute atomic E-state index is 0.00488. The van der Waals surface area contributed by atoms with Gasteiger partial charge in [-0.25, -0.2) is 4.79 Å². The summed E-state index contributed by atoms with van der Waals surface area (Å²) in [4.78, 5) is 24.4. The first-order chi connectivity index (χ1) is 15.6. The number of aromatic amines is 2. The van der Waals surface area contributed by atoms with Crippen molar-refractivity contribution in [1.29, 1.82) is 0 Å². The van der Waals surface area contributed by atoms with Gasteiger partial charge in [-0.05, 0) is 50.5 Å². The highest BCUT2D eigenvalue weighted by Gasteiger charge is 2.38. The molecule has 6 N–H and O–H groups in total. The molecule has 186 valence electrons. The van der Waals surface area contributed by atoms with Crippen molar-refractivity contribution in [2.45, 2.75) is 45.1 Å². The van der Waals surface area contributed by atoms with Gasteiger partial charge in [-0.3, -0.25) is 9.89 Å². The number of alkyl halides is 6. The second-order valence-electron chi connectivity index (χ2n) is 7.34. The average molecular weight is 493 g/mol. The Morgan fingerprint density at radius 1 is 1.18 bits per heavy atom. The first-order valence-electron chi connectivity index (χ1n) is 9.66. The van der Waals surface area contributed by atoms with Gasteiger partial charge >= 0.3 is 18.3 Å². The third-order valence-corrected chi connectivity index (χ3v) is 4.88. The predicted molar refractivity (Wildman–Crippen MR) is 110 cm³/mol. The summed E-state index contributed by atoms with van der Waals surface area (Å²) in [6, 6.07) is 4.51. The van der Waals surface area contributed by atoms with Crippen LogP contribution in [0.2, 0.25) is 0 Å². The Morgan fingerprint density at radius 2 is 1.79 bits per heavy atom. The number of fused-ring (bicyclic) bond motifs is 1. The molecule has 3 aromatic rings. The van der Waals surface area contributed by atoms with Gasteiger partial charge in [0.05, 0.1) is 12.2 Å². The number of halogens is 6. The maximum absolute atomic E-state index is 12.8. The summed E-state index contributed by atoms with van der Waals surface area (Å²) in [6.07, 6.45) is -8.42. The monoisotopic (exact) mass is 493 g/mol. The fraction of sp³-hybridized carbons (Fsp3) is 0.350. The number of hydrogen-bond donors (Lipinski definition) is 5. The molecule has 0 fully saturated rings. The Balaban J connectivity index is 0.000000509. The fourth-order valence-electron chi connectivity index (χ4n) is 2.96. The molecule has 0 aliphatic heterocycles. The lowest BCUT2D eigenvalue weighted by Gasteiger charge is -2.13. The van der Waals surface area contributed by atoms with Crippen LogP contribution >= 0.6 is 0 Å². The van der Waals surface area contributed by atoms with Crippen molar-refractivity contribution in [2.75, 3.05) is 5.32 Å². The van der Waals surface area contributed by atoms with E-state index in [1.54, 1.807) is 6.07 Å². The molecule has 34 heavy (non-hydrogen) atoms. The minimum Gasteiger partial charge on any atom is -0.475 e. The van der Waals surface area contributed by atoms with Crippen LogP contribution in [0.4, 0.5) is 32.0 Å². The third-order valence-electron chi connectivity index (χ3n) is 4.88. The smallest absolute Gasteiger partial charge is 0.475 e. The second-order valence-corrected chi connectivity index (χ2v) is 7.34. The van der Waals surface area contributed by atoms with Crippen LogP contribution in [0.15, 0.2) is 24.4 Å². The van der Waals surface area contributed by atoms with Gasteiger partial charge in [0.2, 0.25) is 5.91 Å². The zero-order valence-electron chi connectivity index (χ0n) is 17.9. The van der Waals surface area contributed by atoms with Gasteiger partial charge in [-0.1, -0.05) is 0 Å². The number of aromatic nitrogens is 3. The summed E-state index contributed by atoms with van der Waals surface area (Å²) in [5, 5.41) is 16.2. The van der Waals surface area contributed by atoms with Gasteiger partial charge in [0.1, 0.15) is 5.69 Å². The number of nitrogens with one attached hydrogen (secondary N) is 3. The highest BCUT2D eigenvalue weighted by Crippen LogP contribution is 2.30. The summed E-state index contributed by atoms with van der Waals surface area (Å²) in [5.41, 5.74) is 8.63. The number of rotatable bonds is 5. The van der Waals surface area contributed by atoms with Crippen LogP contribution in [0.1, 0.15) is 28.9 Å². The van der Waals surface area contributed by atoms with Crippen molar-refractivity contribution in [1.82, 2.24) is 15.2 Å². The lowest BCUT2D eigenvalue weighted by molar-refractivity contribution is -0.192. The van der Waals surface area contributed by atoms with Crippen molar-refractivity contribution in [3.05, 3.63) is 46.9 Å². The summed E-state index contributed by atoms with van der Waals surface area (Å²) in [6.45, 7) is 3.95. The van der Waals surface area contributed by atoms with Gasteiger partial charge < -0.3 is 21.1 Å². The third kappa shape index (κ3) is 6.73. The quantitative estimate of drug-likeness (QED) is 0.342. The van der Waals surface area contributed by atoms with Crippen LogP contribution in [0.3, 0.4) is 0 Å². The maximum atomic E-state index is 12.8. The zero-order valence-corrected chi connectivity index (χ0v) is 17.9. The van der Waals surface area contributed by atoms with Gasteiger partial charge in [-0.2, -0.15) is 31.4 Å². The number of amides is 1. The number of nitrogens with zero attached hydrogens (tertiary/aromatic N) is 1. The summed E-state index contributed by atoms with van der Waals surface area (Å²) < 4.78 is 70.2. The molecule has 1 aromatic carbocycles. The highest BCUT2D eigenvalue weighted by molar-refractivity contribution is 5.97. The molecule has 2 aromatic heterocycles. The molecule has 0 bridgehead atoms. The second kappa shape index (κ2) is 10.2. The molecule has 0 saturated heterocycles. The topological polar surface area (TPSA) is 137 Å². The first-order valence-corrected chi connectivity index (χ1v) is 9.66. The average Bonchev–Trinajstić information content (AvgIpc) is 3.31. The zero-order chi connectivity index (χ0) is 25.8. The van der Waals surface area contributed by atoms with Crippen LogP contribution in [0.5, 0.6) is 0 Å². The predicted octanol–water partition coefficient (Wildman–Crippen LogP) is 4.06. The number of aliphatic carboxylic acids is 1. The van der Waals surface area contributed by atoms with Gasteiger partial charge in [-0.15, -0.1) is 0 Å². The number of carbonyl (C=O) groups is 2. The Kier molecular flexibility index (Phi) is 7.97. The Morgan fingerprint density at radius 3 is 2.35 bits per heavy atom. The molecule has 0 radical (unpaired) electrons. The molecule has 14 heteroatoms. The van der Waals surface area contributed by atoms with E-state index in [2.05, 4.69) is 15.4 Å². The molecular weight excluding hydrogens is 472 g/mol. The number of carboxylic acid groups (broad SMARTS) is 1. The van der Waals surface area contributed by atoms with Crippen molar-refractivity contribution in [3.8, 4) is 0 Å². The molecule has 1 unspecified atom stereocenters. The van der Waals surface area contributed by atoms with E-state index in [-0.39, 0.29) is 18.4 Å². The van der Waals surface area contributed by atoms with E-state index in [4.69, 9.17) is 15.6 Å². The van der Waals surface area contributed by atoms with Crippen molar-refractivity contribution < 1.29 is 41.0 Å². The lowest BCUT2D eigenvalue weighted by Crippen LogP contribution is -2.36. The molecule has 3 rings (SSSR count). The Labute approximate surface area is 188 Å². The SMILES string of the molecule is Cc1[nH]c2ccc(NC(=O)C(N)CCc3cn[nH]c3C(F)(F)F)cc2c1C.O=C(O)C(F)(F)F. The summed E-state index contributed by atoms with van der Waals surface area (Å²) >= 11 is 0. The highest BCUT2D eigenvalue weighted by atomic mass is 19.4. The largest absolute Gasteiger partial charge is 0.490 e. The van der Waals surface area contributed by atoms with E-state index in [0.29, 0.717) is 5.69 Å². The number of benzene rings is 1. The molecular formula is C20H21F6N5O3. The fourth-order valence-corrected chi connectivity index (χ4v) is 2.96. The lowest BCUT2D eigenvalue weighted by atomic mass is 10.1. The van der Waals surface area contributed by atoms with Gasteiger partial charge in [0.25, 0.3) is 0 Å². The van der Waals surface area contributed by atoms with Crippen LogP contribution in [0.25, 0.3) is 10.9 Å². The van der Waals surface area contributed by atoms with Crippen molar-refractivity contribution in [2.24, 2.45) is 5.73 Å². The first kappa shape index (κ1) is 26.7. The van der Waals surface area contributed by atoms with Crippen molar-refractivity contribution >= 4 is 28.5 Å². The Hall–Kier alpha value is -3.55.